The number of aliphatic carboxylic acids is 1. The van der Waals surface area contributed by atoms with Crippen molar-refractivity contribution in [1.29, 1.82) is 0 Å². The van der Waals surface area contributed by atoms with Crippen molar-refractivity contribution < 1.29 is 23.1 Å². The Hall–Kier alpha value is -1.64. The lowest BCUT2D eigenvalue weighted by molar-refractivity contribution is -0.146. The quantitative estimate of drug-likeness (QED) is 0.785. The number of rotatable bonds is 6. The monoisotopic (exact) mass is 360 g/mol. The maximum atomic E-state index is 12.3. The van der Waals surface area contributed by atoms with Crippen LogP contribution in [0.15, 0.2) is 29.2 Å². The summed E-state index contributed by atoms with van der Waals surface area (Å²) in [4.78, 5) is 22.6. The van der Waals surface area contributed by atoms with E-state index in [9.17, 15) is 18.0 Å². The van der Waals surface area contributed by atoms with E-state index in [0.717, 1.165) is 4.31 Å². The van der Waals surface area contributed by atoms with Gasteiger partial charge in [-0.15, -0.1) is 0 Å². The molecule has 0 aliphatic heterocycles. The van der Waals surface area contributed by atoms with E-state index in [1.807, 2.05) is 0 Å². The second-order valence-corrected chi connectivity index (χ2v) is 7.97. The van der Waals surface area contributed by atoms with E-state index < -0.39 is 27.8 Å². The van der Waals surface area contributed by atoms with E-state index in [0.29, 0.717) is 17.9 Å². The summed E-state index contributed by atoms with van der Waals surface area (Å²) in [6, 6.07) is 5.45. The zero-order valence-electron chi connectivity index (χ0n) is 12.4. The molecule has 0 unspecified atom stereocenters. The molecule has 126 valence electrons. The third-order valence-corrected chi connectivity index (χ3v) is 5.81. The van der Waals surface area contributed by atoms with Crippen LogP contribution in [0.4, 0.5) is 0 Å². The molecule has 1 saturated carbocycles. The molecule has 2 rings (SSSR count). The van der Waals surface area contributed by atoms with Gasteiger partial charge in [0.2, 0.25) is 15.9 Å². The Morgan fingerprint density at radius 2 is 1.87 bits per heavy atom. The van der Waals surface area contributed by atoms with Crippen LogP contribution in [0.3, 0.4) is 0 Å². The molecule has 7 nitrogen and oxygen atoms in total. The minimum atomic E-state index is -3.78. The number of amides is 1. The number of benzene rings is 1. The van der Waals surface area contributed by atoms with Gasteiger partial charge in [0, 0.05) is 18.1 Å². The number of carbonyl (C=O) groups is 2. The highest BCUT2D eigenvalue weighted by atomic mass is 35.5. The van der Waals surface area contributed by atoms with Crippen molar-refractivity contribution in [1.82, 2.24) is 9.62 Å². The number of halogens is 1. The Labute approximate surface area is 139 Å². The van der Waals surface area contributed by atoms with Crippen LogP contribution in [0.25, 0.3) is 0 Å². The number of carboxylic acids is 1. The smallest absolute Gasteiger partial charge is 0.306 e. The van der Waals surface area contributed by atoms with Gasteiger partial charge in [-0.05, 0) is 37.1 Å². The highest BCUT2D eigenvalue weighted by Gasteiger charge is 2.35. The topological polar surface area (TPSA) is 104 Å². The molecule has 0 saturated heterocycles. The van der Waals surface area contributed by atoms with Gasteiger partial charge in [-0.3, -0.25) is 9.59 Å². The summed E-state index contributed by atoms with van der Waals surface area (Å²) in [7, 11) is -2.47. The maximum Gasteiger partial charge on any atom is 0.306 e. The van der Waals surface area contributed by atoms with Gasteiger partial charge in [0.15, 0.2) is 0 Å². The first-order chi connectivity index (χ1) is 10.7. The highest BCUT2D eigenvalue weighted by Crippen LogP contribution is 2.27. The van der Waals surface area contributed by atoms with Crippen molar-refractivity contribution in [2.75, 3.05) is 13.6 Å². The Kier molecular flexibility index (Phi) is 5.28. The normalized spacial score (nSPS) is 20.8. The lowest BCUT2D eigenvalue weighted by Crippen LogP contribution is -2.49. The second-order valence-electron chi connectivity index (χ2n) is 5.49. The first-order valence-corrected chi connectivity index (χ1v) is 8.76. The van der Waals surface area contributed by atoms with Crippen molar-refractivity contribution in [3.05, 3.63) is 29.3 Å². The number of hydrogen-bond acceptors (Lipinski definition) is 4. The summed E-state index contributed by atoms with van der Waals surface area (Å²) >= 11 is 5.73. The zero-order valence-corrected chi connectivity index (χ0v) is 14.0. The van der Waals surface area contributed by atoms with Crippen molar-refractivity contribution in [2.24, 2.45) is 5.92 Å². The van der Waals surface area contributed by atoms with Crippen LogP contribution in [0.5, 0.6) is 0 Å². The molecule has 0 spiro atoms. The molecular weight excluding hydrogens is 344 g/mol. The number of hydrogen-bond donors (Lipinski definition) is 2. The van der Waals surface area contributed by atoms with Crippen LogP contribution in [-0.2, 0) is 19.6 Å². The maximum absolute atomic E-state index is 12.3. The van der Waals surface area contributed by atoms with E-state index in [2.05, 4.69) is 5.32 Å². The molecule has 0 atom stereocenters. The first kappa shape index (κ1) is 17.7. The van der Waals surface area contributed by atoms with Gasteiger partial charge in [-0.25, -0.2) is 8.42 Å². The van der Waals surface area contributed by atoms with E-state index in [4.69, 9.17) is 16.7 Å². The summed E-state index contributed by atoms with van der Waals surface area (Å²) in [6.07, 6.45) is 0.740. The average molecular weight is 361 g/mol. The number of nitrogens with zero attached hydrogens (tertiary/aromatic N) is 1. The van der Waals surface area contributed by atoms with Crippen molar-refractivity contribution >= 4 is 33.5 Å². The van der Waals surface area contributed by atoms with E-state index >= 15 is 0 Å². The summed E-state index contributed by atoms with van der Waals surface area (Å²) in [6.45, 7) is -0.334. The Morgan fingerprint density at radius 1 is 1.30 bits per heavy atom. The first-order valence-electron chi connectivity index (χ1n) is 6.94. The molecule has 1 fully saturated rings. The molecule has 1 aromatic carbocycles. The highest BCUT2D eigenvalue weighted by molar-refractivity contribution is 7.89. The minimum absolute atomic E-state index is 0.0479. The zero-order chi connectivity index (χ0) is 17.2. The van der Waals surface area contributed by atoms with Gasteiger partial charge in [0.25, 0.3) is 0 Å². The van der Waals surface area contributed by atoms with Gasteiger partial charge in [0.1, 0.15) is 0 Å². The average Bonchev–Trinajstić information content (AvgIpc) is 2.42. The van der Waals surface area contributed by atoms with Gasteiger partial charge in [-0.2, -0.15) is 4.31 Å². The number of carboxylic acid groups (broad SMARTS) is 1. The molecule has 9 heteroatoms. The largest absolute Gasteiger partial charge is 0.481 e. The molecule has 0 radical (unpaired) electrons. The molecule has 23 heavy (non-hydrogen) atoms. The molecule has 1 amide bonds. The molecule has 0 bridgehead atoms. The second kappa shape index (κ2) is 6.86. The lowest BCUT2D eigenvalue weighted by atomic mass is 9.80. The van der Waals surface area contributed by atoms with Gasteiger partial charge in [-0.1, -0.05) is 11.6 Å². The fourth-order valence-electron chi connectivity index (χ4n) is 2.28. The van der Waals surface area contributed by atoms with Crippen LogP contribution in [0.1, 0.15) is 12.8 Å². The summed E-state index contributed by atoms with van der Waals surface area (Å²) in [5, 5.41) is 11.8. The molecular formula is C14H17ClN2O5S. The summed E-state index contributed by atoms with van der Waals surface area (Å²) in [5.41, 5.74) is 0. The molecule has 1 aliphatic carbocycles. The number of carbonyl (C=O) groups excluding carboxylic acids is 1. The molecule has 0 heterocycles. The predicted molar refractivity (Wildman–Crippen MR) is 83.6 cm³/mol. The Balaban J connectivity index is 1.90. The molecule has 1 aliphatic rings. The van der Waals surface area contributed by atoms with E-state index in [-0.39, 0.29) is 17.5 Å². The van der Waals surface area contributed by atoms with Crippen LogP contribution < -0.4 is 5.32 Å². The van der Waals surface area contributed by atoms with Crippen molar-refractivity contribution in [3.8, 4) is 0 Å². The SMILES string of the molecule is CN(CC(=O)NC1CC(C(=O)O)C1)S(=O)(=O)c1ccc(Cl)cc1. The Morgan fingerprint density at radius 3 is 2.39 bits per heavy atom. The minimum Gasteiger partial charge on any atom is -0.481 e. The Bertz CT molecular complexity index is 698. The van der Waals surface area contributed by atoms with Crippen LogP contribution in [0.2, 0.25) is 5.02 Å². The lowest BCUT2D eigenvalue weighted by Gasteiger charge is -2.33. The molecule has 2 N–H and O–H groups in total. The third-order valence-electron chi connectivity index (χ3n) is 3.74. The van der Waals surface area contributed by atoms with Gasteiger partial charge < -0.3 is 10.4 Å². The van der Waals surface area contributed by atoms with Crippen molar-refractivity contribution in [3.63, 3.8) is 0 Å². The number of sulfonamides is 1. The standard InChI is InChI=1S/C14H17ClN2O5S/c1-17(23(21,22)12-4-2-10(15)3-5-12)8-13(18)16-11-6-9(7-11)14(19)20/h2-5,9,11H,6-8H2,1H3,(H,16,18)(H,19,20). The van der Waals surface area contributed by atoms with E-state index in [1.54, 1.807) is 0 Å². The molecule has 0 aromatic heterocycles. The number of nitrogens with one attached hydrogen (secondary N) is 1. The van der Waals surface area contributed by atoms with Crippen LogP contribution >= 0.6 is 11.6 Å². The fourth-order valence-corrected chi connectivity index (χ4v) is 3.54. The van der Waals surface area contributed by atoms with Crippen molar-refractivity contribution in [2.45, 2.75) is 23.8 Å². The van der Waals surface area contributed by atoms with Gasteiger partial charge >= 0.3 is 5.97 Å². The van der Waals surface area contributed by atoms with Gasteiger partial charge in [0.05, 0.1) is 17.4 Å². The predicted octanol–water partition coefficient (Wildman–Crippen LogP) is 0.940. The fraction of sp³-hybridized carbons (Fsp3) is 0.429. The molecule has 1 aromatic rings. The van der Waals surface area contributed by atoms with E-state index in [1.165, 1.54) is 31.3 Å². The summed E-state index contributed by atoms with van der Waals surface area (Å²) < 4.78 is 25.6. The van der Waals surface area contributed by atoms with Crippen LogP contribution in [-0.4, -0.2) is 49.3 Å². The van der Waals surface area contributed by atoms with Crippen LogP contribution in [0, 0.1) is 5.92 Å². The number of likely N-dealkylation sites (N-methyl/N-ethyl adjacent to an activating group) is 1. The third kappa shape index (κ3) is 4.21. The summed E-state index contributed by atoms with van der Waals surface area (Å²) in [5.74, 6) is -1.77.